The van der Waals surface area contributed by atoms with Gasteiger partial charge >= 0.3 is 11.9 Å². The number of aryl methyl sites for hydroxylation is 1. The number of carboxylic acid groups (broad SMARTS) is 2. The molecule has 15 heavy (non-hydrogen) atoms. The molecule has 0 saturated heterocycles. The number of hydrogen-bond donors (Lipinski definition) is 2. The van der Waals surface area contributed by atoms with E-state index in [1.165, 1.54) is 6.07 Å². The fraction of sp³-hybridized carbons (Fsp3) is 0.273. The monoisotopic (exact) mass is 208 g/mol. The fourth-order valence-corrected chi connectivity index (χ4v) is 1.53. The second kappa shape index (κ2) is 3.73. The molecule has 80 valence electrons. The lowest BCUT2D eigenvalue weighted by atomic mass is 9.94. The summed E-state index contributed by atoms with van der Waals surface area (Å²) in [5.74, 6) is -2.41. The van der Waals surface area contributed by atoms with Gasteiger partial charge in [0.1, 0.15) is 0 Å². The standard InChI is InChI=1S/C11H12O4/c1-5-4-8(10(12)13)9(11(14)15)7(3)6(5)2/h4H,1-3H3,(H,12,13)(H,14,15). The third-order valence-electron chi connectivity index (χ3n) is 2.60. The van der Waals surface area contributed by atoms with Gasteiger partial charge < -0.3 is 10.2 Å². The normalized spacial score (nSPS) is 10.1. The Bertz CT molecular complexity index is 446. The van der Waals surface area contributed by atoms with Crippen molar-refractivity contribution in [2.24, 2.45) is 0 Å². The van der Waals surface area contributed by atoms with E-state index in [-0.39, 0.29) is 11.1 Å². The van der Waals surface area contributed by atoms with Gasteiger partial charge in [-0.3, -0.25) is 0 Å². The maximum Gasteiger partial charge on any atom is 0.336 e. The molecular formula is C11H12O4. The Morgan fingerprint density at radius 1 is 1.00 bits per heavy atom. The largest absolute Gasteiger partial charge is 0.478 e. The summed E-state index contributed by atoms with van der Waals surface area (Å²) >= 11 is 0. The molecule has 0 aliphatic carbocycles. The summed E-state index contributed by atoms with van der Waals surface area (Å²) in [6.45, 7) is 5.17. The van der Waals surface area contributed by atoms with Crippen molar-refractivity contribution >= 4 is 11.9 Å². The second-order valence-electron chi connectivity index (χ2n) is 3.48. The van der Waals surface area contributed by atoms with Crippen LogP contribution in [0.15, 0.2) is 6.07 Å². The molecule has 0 bridgehead atoms. The predicted molar refractivity (Wildman–Crippen MR) is 54.6 cm³/mol. The Morgan fingerprint density at radius 3 is 1.93 bits per heavy atom. The quantitative estimate of drug-likeness (QED) is 0.779. The second-order valence-corrected chi connectivity index (χ2v) is 3.48. The van der Waals surface area contributed by atoms with Gasteiger partial charge in [0, 0.05) is 0 Å². The van der Waals surface area contributed by atoms with E-state index in [0.717, 1.165) is 11.1 Å². The first kappa shape index (κ1) is 11.2. The Hall–Kier alpha value is -1.84. The van der Waals surface area contributed by atoms with Crippen LogP contribution in [0.3, 0.4) is 0 Å². The summed E-state index contributed by atoms with van der Waals surface area (Å²) in [5.41, 5.74) is 1.85. The minimum absolute atomic E-state index is 0.120. The minimum Gasteiger partial charge on any atom is -0.478 e. The molecule has 1 aromatic carbocycles. The zero-order valence-electron chi connectivity index (χ0n) is 8.79. The number of hydrogen-bond acceptors (Lipinski definition) is 2. The van der Waals surface area contributed by atoms with Crippen molar-refractivity contribution in [1.29, 1.82) is 0 Å². The number of benzene rings is 1. The average Bonchev–Trinajstić information content (AvgIpc) is 2.12. The maximum atomic E-state index is 10.9. The molecule has 2 N–H and O–H groups in total. The van der Waals surface area contributed by atoms with E-state index in [9.17, 15) is 9.59 Å². The molecule has 0 fully saturated rings. The summed E-state index contributed by atoms with van der Waals surface area (Å²) in [7, 11) is 0. The van der Waals surface area contributed by atoms with Crippen LogP contribution in [0.4, 0.5) is 0 Å². The summed E-state index contributed by atoms with van der Waals surface area (Å²) in [4.78, 5) is 21.8. The van der Waals surface area contributed by atoms with Gasteiger partial charge in [-0.15, -0.1) is 0 Å². The molecule has 0 radical (unpaired) electrons. The number of carboxylic acids is 2. The zero-order chi connectivity index (χ0) is 11.7. The Kier molecular flexibility index (Phi) is 2.79. The first-order valence-corrected chi connectivity index (χ1v) is 4.43. The highest BCUT2D eigenvalue weighted by molar-refractivity contribution is 6.03. The van der Waals surface area contributed by atoms with Crippen molar-refractivity contribution in [3.8, 4) is 0 Å². The molecule has 1 aromatic rings. The van der Waals surface area contributed by atoms with Crippen molar-refractivity contribution < 1.29 is 19.8 Å². The van der Waals surface area contributed by atoms with E-state index >= 15 is 0 Å². The first-order valence-electron chi connectivity index (χ1n) is 4.43. The average molecular weight is 208 g/mol. The van der Waals surface area contributed by atoms with E-state index in [1.807, 2.05) is 0 Å². The molecule has 0 heterocycles. The van der Waals surface area contributed by atoms with Crippen molar-refractivity contribution in [3.63, 3.8) is 0 Å². The van der Waals surface area contributed by atoms with Gasteiger partial charge in [-0.1, -0.05) is 0 Å². The van der Waals surface area contributed by atoms with E-state index < -0.39 is 11.9 Å². The number of rotatable bonds is 2. The van der Waals surface area contributed by atoms with Gasteiger partial charge in [0.05, 0.1) is 11.1 Å². The van der Waals surface area contributed by atoms with E-state index in [2.05, 4.69) is 0 Å². The third kappa shape index (κ3) is 1.83. The van der Waals surface area contributed by atoms with Crippen LogP contribution in [0.1, 0.15) is 37.4 Å². The molecule has 1 rings (SSSR count). The van der Waals surface area contributed by atoms with Crippen LogP contribution in [0.2, 0.25) is 0 Å². The van der Waals surface area contributed by atoms with Gasteiger partial charge in [0.25, 0.3) is 0 Å². The van der Waals surface area contributed by atoms with E-state index in [0.29, 0.717) is 5.56 Å². The highest BCUT2D eigenvalue weighted by Crippen LogP contribution is 2.22. The smallest absolute Gasteiger partial charge is 0.336 e. The van der Waals surface area contributed by atoms with Gasteiger partial charge in [-0.05, 0) is 43.5 Å². The molecule has 0 unspecified atom stereocenters. The summed E-state index contributed by atoms with van der Waals surface area (Å²) in [6.07, 6.45) is 0. The van der Waals surface area contributed by atoms with Crippen molar-refractivity contribution in [1.82, 2.24) is 0 Å². The molecule has 0 atom stereocenters. The molecule has 4 heteroatoms. The van der Waals surface area contributed by atoms with Crippen LogP contribution in [0, 0.1) is 20.8 Å². The maximum absolute atomic E-state index is 10.9. The lowest BCUT2D eigenvalue weighted by molar-refractivity contribution is 0.0650. The molecule has 4 nitrogen and oxygen atoms in total. The first-order chi connectivity index (χ1) is 6.86. The number of aromatic carboxylic acids is 2. The SMILES string of the molecule is Cc1cc(C(=O)O)c(C(=O)O)c(C)c1C. The van der Waals surface area contributed by atoms with Crippen molar-refractivity contribution in [2.45, 2.75) is 20.8 Å². The Balaban J connectivity index is 3.65. The highest BCUT2D eigenvalue weighted by atomic mass is 16.4. The number of carbonyl (C=O) groups is 2. The molecular weight excluding hydrogens is 196 g/mol. The lowest BCUT2D eigenvalue weighted by Crippen LogP contribution is -2.12. The zero-order valence-corrected chi connectivity index (χ0v) is 8.79. The molecule has 0 aromatic heterocycles. The summed E-state index contributed by atoms with van der Waals surface area (Å²) in [5, 5.41) is 17.8. The molecule has 0 amide bonds. The van der Waals surface area contributed by atoms with Crippen molar-refractivity contribution in [2.75, 3.05) is 0 Å². The van der Waals surface area contributed by atoms with Crippen LogP contribution in [0.25, 0.3) is 0 Å². The van der Waals surface area contributed by atoms with Crippen LogP contribution in [-0.2, 0) is 0 Å². The molecule has 0 aliphatic rings. The third-order valence-corrected chi connectivity index (χ3v) is 2.60. The van der Waals surface area contributed by atoms with Gasteiger partial charge in [0.15, 0.2) is 0 Å². The van der Waals surface area contributed by atoms with Crippen molar-refractivity contribution in [3.05, 3.63) is 33.9 Å². The molecule has 0 aliphatic heterocycles. The summed E-state index contributed by atoms with van der Waals surface area (Å²) < 4.78 is 0. The molecule has 0 saturated carbocycles. The highest BCUT2D eigenvalue weighted by Gasteiger charge is 2.20. The van der Waals surface area contributed by atoms with Crippen LogP contribution in [-0.4, -0.2) is 22.2 Å². The topological polar surface area (TPSA) is 74.6 Å². The fourth-order valence-electron chi connectivity index (χ4n) is 1.53. The molecule has 0 spiro atoms. The predicted octanol–water partition coefficient (Wildman–Crippen LogP) is 2.01. The minimum atomic E-state index is -1.21. The Morgan fingerprint density at radius 2 is 1.53 bits per heavy atom. The van der Waals surface area contributed by atoms with Gasteiger partial charge in [-0.25, -0.2) is 9.59 Å². The van der Waals surface area contributed by atoms with Crippen LogP contribution < -0.4 is 0 Å². The van der Waals surface area contributed by atoms with Crippen LogP contribution in [0.5, 0.6) is 0 Å². The van der Waals surface area contributed by atoms with E-state index in [1.54, 1.807) is 20.8 Å². The van der Waals surface area contributed by atoms with E-state index in [4.69, 9.17) is 10.2 Å². The van der Waals surface area contributed by atoms with Gasteiger partial charge in [-0.2, -0.15) is 0 Å². The van der Waals surface area contributed by atoms with Crippen LogP contribution >= 0.6 is 0 Å². The van der Waals surface area contributed by atoms with Gasteiger partial charge in [0.2, 0.25) is 0 Å². The summed E-state index contributed by atoms with van der Waals surface area (Å²) in [6, 6.07) is 1.40. The lowest BCUT2D eigenvalue weighted by Gasteiger charge is -2.11. The Labute approximate surface area is 87.2 Å².